The number of hydrogen-bond donors (Lipinski definition) is 2. The predicted molar refractivity (Wildman–Crippen MR) is 101 cm³/mol. The Morgan fingerprint density at radius 3 is 2.92 bits per heavy atom. The highest BCUT2D eigenvalue weighted by Crippen LogP contribution is 2.29. The second-order valence-electron chi connectivity index (χ2n) is 6.39. The summed E-state index contributed by atoms with van der Waals surface area (Å²) in [6.45, 7) is 1.20. The molecule has 0 saturated heterocycles. The van der Waals surface area contributed by atoms with Gasteiger partial charge in [-0.15, -0.1) is 0 Å². The number of aromatic nitrogens is 3. The normalized spacial score (nSPS) is 14.6. The van der Waals surface area contributed by atoms with E-state index < -0.39 is 0 Å². The molecular formula is C17H17BrN4O2S. The van der Waals surface area contributed by atoms with E-state index in [1.165, 1.54) is 17.8 Å². The Bertz CT molecular complexity index is 972. The molecule has 2 N–H and O–H groups in total. The van der Waals surface area contributed by atoms with Gasteiger partial charge in [0.1, 0.15) is 4.60 Å². The van der Waals surface area contributed by atoms with E-state index >= 15 is 0 Å². The molecule has 2 heterocycles. The minimum Gasteiger partial charge on any atom is -0.333 e. The van der Waals surface area contributed by atoms with Crippen LogP contribution in [0, 0.1) is 5.92 Å². The van der Waals surface area contributed by atoms with Crippen molar-refractivity contribution in [1.82, 2.24) is 20.1 Å². The Labute approximate surface area is 156 Å². The van der Waals surface area contributed by atoms with Gasteiger partial charge in [-0.3, -0.25) is 14.7 Å². The number of amides is 1. The number of benzene rings is 1. The topological polar surface area (TPSA) is 81.8 Å². The number of aromatic amines is 2. The first-order valence-corrected chi connectivity index (χ1v) is 9.82. The highest BCUT2D eigenvalue weighted by atomic mass is 79.9. The summed E-state index contributed by atoms with van der Waals surface area (Å²) >= 11 is 4.49. The molecule has 3 aromatic rings. The van der Waals surface area contributed by atoms with Crippen molar-refractivity contribution >= 4 is 43.4 Å². The zero-order valence-electron chi connectivity index (χ0n) is 13.4. The molecule has 0 atom stereocenters. The van der Waals surface area contributed by atoms with Gasteiger partial charge in [-0.1, -0.05) is 29.9 Å². The molecule has 1 aromatic carbocycles. The lowest BCUT2D eigenvalue weighted by molar-refractivity contribution is 0.0674. The molecule has 0 radical (unpaired) electrons. The number of fused-ring (bicyclic) bond motifs is 1. The highest BCUT2D eigenvalue weighted by Gasteiger charge is 2.26. The van der Waals surface area contributed by atoms with Crippen LogP contribution >= 0.6 is 27.3 Å². The Kier molecular flexibility index (Phi) is 4.47. The Balaban J connectivity index is 1.65. The summed E-state index contributed by atoms with van der Waals surface area (Å²) in [5, 5.41) is 6.84. The summed E-state index contributed by atoms with van der Waals surface area (Å²) in [5.74, 6) is 0.462. The number of nitrogens with zero attached hydrogens (tertiary/aromatic N) is 2. The van der Waals surface area contributed by atoms with Gasteiger partial charge in [-0.25, -0.2) is 0 Å². The van der Waals surface area contributed by atoms with E-state index in [0.717, 1.165) is 35.2 Å². The number of nitrogens with one attached hydrogen (secondary N) is 2. The third-order valence-electron chi connectivity index (χ3n) is 4.65. The lowest BCUT2D eigenvalue weighted by atomic mass is 9.85. The van der Waals surface area contributed by atoms with E-state index in [-0.39, 0.29) is 10.8 Å². The minimum atomic E-state index is -0.0891. The maximum absolute atomic E-state index is 12.9. The fourth-order valence-corrected chi connectivity index (χ4v) is 4.28. The zero-order chi connectivity index (χ0) is 17.4. The number of rotatable bonds is 5. The quantitative estimate of drug-likeness (QED) is 0.662. The average Bonchev–Trinajstić information content (AvgIpc) is 3.14. The zero-order valence-corrected chi connectivity index (χ0v) is 15.8. The van der Waals surface area contributed by atoms with Gasteiger partial charge in [0.25, 0.3) is 5.91 Å². The van der Waals surface area contributed by atoms with Crippen LogP contribution in [0.2, 0.25) is 0 Å². The van der Waals surface area contributed by atoms with Crippen molar-refractivity contribution in [1.29, 1.82) is 0 Å². The third kappa shape index (κ3) is 3.41. The molecule has 0 bridgehead atoms. The molecule has 0 unspecified atom stereocenters. The monoisotopic (exact) mass is 420 g/mol. The van der Waals surface area contributed by atoms with E-state index in [1.54, 1.807) is 6.07 Å². The molecule has 1 amide bonds. The van der Waals surface area contributed by atoms with E-state index in [2.05, 4.69) is 31.1 Å². The number of carbonyl (C=O) groups excluding carboxylic acids is 1. The molecule has 0 aliphatic heterocycles. The molecule has 6 nitrogen and oxygen atoms in total. The molecule has 1 fully saturated rings. The van der Waals surface area contributed by atoms with Crippen molar-refractivity contribution in [3.8, 4) is 0 Å². The van der Waals surface area contributed by atoms with Gasteiger partial charge in [-0.2, -0.15) is 5.10 Å². The van der Waals surface area contributed by atoms with Crippen LogP contribution in [0.1, 0.15) is 35.3 Å². The van der Waals surface area contributed by atoms with Crippen molar-refractivity contribution in [2.45, 2.75) is 25.8 Å². The van der Waals surface area contributed by atoms with Crippen molar-refractivity contribution in [2.75, 3.05) is 6.54 Å². The lowest BCUT2D eigenvalue weighted by Crippen LogP contribution is -2.37. The van der Waals surface area contributed by atoms with Crippen LogP contribution in [0.25, 0.3) is 10.2 Å². The Hall–Kier alpha value is -1.93. The first-order valence-electron chi connectivity index (χ1n) is 8.21. The maximum Gasteiger partial charge on any atom is 0.305 e. The summed E-state index contributed by atoms with van der Waals surface area (Å²) in [5.41, 5.74) is 2.22. The van der Waals surface area contributed by atoms with E-state index in [4.69, 9.17) is 0 Å². The fourth-order valence-electron chi connectivity index (χ4n) is 3.14. The largest absolute Gasteiger partial charge is 0.333 e. The van der Waals surface area contributed by atoms with Crippen LogP contribution < -0.4 is 4.87 Å². The first kappa shape index (κ1) is 16.5. The fraction of sp³-hybridized carbons (Fsp3) is 0.353. The van der Waals surface area contributed by atoms with Crippen molar-refractivity contribution in [3.05, 3.63) is 49.8 Å². The van der Waals surface area contributed by atoms with Gasteiger partial charge in [0.15, 0.2) is 5.69 Å². The van der Waals surface area contributed by atoms with Crippen LogP contribution in [0.4, 0.5) is 0 Å². The predicted octanol–water partition coefficient (Wildman–Crippen LogP) is 3.52. The lowest BCUT2D eigenvalue weighted by Gasteiger charge is -2.32. The minimum absolute atomic E-state index is 0.0736. The summed E-state index contributed by atoms with van der Waals surface area (Å²) in [4.78, 5) is 29.2. The SMILES string of the molecule is O=C(c1cc(Br)[nH]n1)N(Cc1cccc2[nH]c(=O)sc12)CC1CCC1. The molecule has 8 heteroatoms. The second kappa shape index (κ2) is 6.76. The number of carbonyl (C=O) groups is 1. The summed E-state index contributed by atoms with van der Waals surface area (Å²) < 4.78 is 1.60. The van der Waals surface area contributed by atoms with Gasteiger partial charge >= 0.3 is 4.87 Å². The van der Waals surface area contributed by atoms with Gasteiger partial charge in [0, 0.05) is 19.2 Å². The van der Waals surface area contributed by atoms with Crippen molar-refractivity contribution in [2.24, 2.45) is 5.92 Å². The third-order valence-corrected chi connectivity index (χ3v) is 6.03. The average molecular weight is 421 g/mol. The van der Waals surface area contributed by atoms with Gasteiger partial charge in [0.05, 0.1) is 10.2 Å². The van der Waals surface area contributed by atoms with Crippen molar-refractivity contribution in [3.63, 3.8) is 0 Å². The van der Waals surface area contributed by atoms with Crippen molar-refractivity contribution < 1.29 is 4.79 Å². The van der Waals surface area contributed by atoms with Gasteiger partial charge in [0.2, 0.25) is 0 Å². The Morgan fingerprint density at radius 2 is 2.24 bits per heavy atom. The summed E-state index contributed by atoms with van der Waals surface area (Å²) in [6, 6.07) is 7.48. The number of halogens is 1. The maximum atomic E-state index is 12.9. The van der Waals surface area contributed by atoms with E-state index in [9.17, 15) is 9.59 Å². The Morgan fingerprint density at radius 1 is 1.40 bits per heavy atom. The standard InChI is InChI=1S/C17H17BrN4O2S/c18-14-7-13(20-21-14)16(23)22(8-10-3-1-4-10)9-11-5-2-6-12-15(11)25-17(24)19-12/h2,5-7,10H,1,3-4,8-9H2,(H,19,24)(H,20,21). The van der Waals surface area contributed by atoms with Crippen LogP contribution in [-0.4, -0.2) is 32.5 Å². The molecule has 25 heavy (non-hydrogen) atoms. The second-order valence-corrected chi connectivity index (χ2v) is 8.23. The molecule has 1 aliphatic rings. The molecule has 0 spiro atoms. The molecule has 130 valence electrons. The van der Waals surface area contributed by atoms with Gasteiger partial charge < -0.3 is 9.88 Å². The smallest absolute Gasteiger partial charge is 0.305 e. The van der Waals surface area contributed by atoms with E-state index in [0.29, 0.717) is 22.8 Å². The van der Waals surface area contributed by atoms with Crippen LogP contribution in [-0.2, 0) is 6.54 Å². The number of thiazole rings is 1. The molecule has 1 saturated carbocycles. The van der Waals surface area contributed by atoms with Crippen LogP contribution in [0.3, 0.4) is 0 Å². The number of H-pyrrole nitrogens is 2. The van der Waals surface area contributed by atoms with Gasteiger partial charge in [-0.05, 0) is 46.3 Å². The molecular weight excluding hydrogens is 404 g/mol. The molecule has 4 rings (SSSR count). The molecule has 2 aromatic heterocycles. The summed E-state index contributed by atoms with van der Waals surface area (Å²) in [6.07, 6.45) is 3.56. The van der Waals surface area contributed by atoms with Crippen LogP contribution in [0.15, 0.2) is 33.7 Å². The first-order chi connectivity index (χ1) is 12.1. The van der Waals surface area contributed by atoms with E-state index in [1.807, 2.05) is 23.1 Å². The summed E-state index contributed by atoms with van der Waals surface area (Å²) in [7, 11) is 0. The number of hydrogen-bond acceptors (Lipinski definition) is 4. The molecule has 1 aliphatic carbocycles. The highest BCUT2D eigenvalue weighted by molar-refractivity contribution is 9.10. The van der Waals surface area contributed by atoms with Crippen LogP contribution in [0.5, 0.6) is 0 Å².